The number of ether oxygens (including phenoxy) is 1. The summed E-state index contributed by atoms with van der Waals surface area (Å²) in [4.78, 5) is 12.0. The molecule has 0 fully saturated rings. The van der Waals surface area contributed by atoms with Crippen LogP contribution in [0.1, 0.15) is 16.7 Å². The Kier molecular flexibility index (Phi) is 5.35. The molecule has 2 N–H and O–H groups in total. The molecule has 0 aliphatic heterocycles. The molecule has 0 spiro atoms. The van der Waals surface area contributed by atoms with Crippen LogP contribution in [0.2, 0.25) is 0 Å². The number of carbonyl (C=O) groups excluding carboxylic acids is 1. The van der Waals surface area contributed by atoms with Crippen molar-refractivity contribution >= 4 is 11.7 Å². The van der Waals surface area contributed by atoms with Gasteiger partial charge in [-0.3, -0.25) is 0 Å². The number of methoxy groups -OCH3 is 1. The first-order valence-corrected chi connectivity index (χ1v) is 6.87. The lowest BCUT2D eigenvalue weighted by atomic mass is 10.1. The number of para-hydroxylation sites is 1. The second kappa shape index (κ2) is 7.45. The molecule has 110 valence electrons. The molecule has 21 heavy (non-hydrogen) atoms. The van der Waals surface area contributed by atoms with E-state index < -0.39 is 0 Å². The topological polar surface area (TPSA) is 50.4 Å². The van der Waals surface area contributed by atoms with Crippen molar-refractivity contribution in [3.05, 3.63) is 65.2 Å². The molecule has 2 rings (SSSR count). The molecule has 2 aromatic carbocycles. The lowest BCUT2D eigenvalue weighted by molar-refractivity contribution is 0.185. The highest BCUT2D eigenvalue weighted by atomic mass is 16.5. The number of amides is 2. The molecule has 0 radical (unpaired) electrons. The third-order valence-corrected chi connectivity index (χ3v) is 3.27. The van der Waals surface area contributed by atoms with Crippen LogP contribution in [0.5, 0.6) is 0 Å². The van der Waals surface area contributed by atoms with Gasteiger partial charge in [0.05, 0.1) is 6.61 Å². The Labute approximate surface area is 125 Å². The summed E-state index contributed by atoms with van der Waals surface area (Å²) in [5.41, 5.74) is 3.99. The highest BCUT2D eigenvalue weighted by molar-refractivity contribution is 5.90. The number of urea groups is 1. The molecular formula is C17H20N2O2. The standard InChI is InChI=1S/C17H20N2O2/c1-13-7-3-4-8-14(13)11-18-17(20)19-16-10-6-5-9-15(16)12-21-2/h3-10H,11-12H2,1-2H3,(H2,18,19,20). The van der Waals surface area contributed by atoms with E-state index in [1.807, 2.05) is 55.5 Å². The summed E-state index contributed by atoms with van der Waals surface area (Å²) < 4.78 is 5.12. The Balaban J connectivity index is 1.95. The fourth-order valence-corrected chi connectivity index (χ4v) is 2.07. The molecule has 0 unspecified atom stereocenters. The van der Waals surface area contributed by atoms with Gasteiger partial charge in [0.2, 0.25) is 0 Å². The van der Waals surface area contributed by atoms with E-state index in [1.165, 1.54) is 0 Å². The van der Waals surface area contributed by atoms with Gasteiger partial charge in [-0.05, 0) is 24.1 Å². The number of nitrogens with one attached hydrogen (secondary N) is 2. The summed E-state index contributed by atoms with van der Waals surface area (Å²) in [6.07, 6.45) is 0. The van der Waals surface area contributed by atoms with Gasteiger partial charge < -0.3 is 15.4 Å². The first kappa shape index (κ1) is 15.1. The van der Waals surface area contributed by atoms with Crippen LogP contribution in [0.15, 0.2) is 48.5 Å². The molecule has 0 heterocycles. The third-order valence-electron chi connectivity index (χ3n) is 3.27. The van der Waals surface area contributed by atoms with E-state index in [9.17, 15) is 4.79 Å². The first-order valence-electron chi connectivity index (χ1n) is 6.87. The Bertz CT molecular complexity index is 611. The van der Waals surface area contributed by atoms with Gasteiger partial charge >= 0.3 is 6.03 Å². The zero-order chi connectivity index (χ0) is 15.1. The van der Waals surface area contributed by atoms with Crippen molar-refractivity contribution < 1.29 is 9.53 Å². The van der Waals surface area contributed by atoms with E-state index in [1.54, 1.807) is 7.11 Å². The van der Waals surface area contributed by atoms with Crippen LogP contribution in [0.25, 0.3) is 0 Å². The quantitative estimate of drug-likeness (QED) is 0.883. The van der Waals surface area contributed by atoms with Crippen LogP contribution in [0.3, 0.4) is 0 Å². The summed E-state index contributed by atoms with van der Waals surface area (Å²) >= 11 is 0. The molecule has 0 aromatic heterocycles. The summed E-state index contributed by atoms with van der Waals surface area (Å²) in [7, 11) is 1.63. The van der Waals surface area contributed by atoms with Crippen LogP contribution in [0, 0.1) is 6.92 Å². The number of aryl methyl sites for hydroxylation is 1. The van der Waals surface area contributed by atoms with E-state index in [2.05, 4.69) is 10.6 Å². The number of carbonyl (C=O) groups is 1. The summed E-state index contributed by atoms with van der Waals surface area (Å²) in [5.74, 6) is 0. The minimum atomic E-state index is -0.221. The molecule has 2 aromatic rings. The molecule has 0 aliphatic rings. The molecule has 0 bridgehead atoms. The Hall–Kier alpha value is -2.33. The first-order chi connectivity index (χ1) is 10.2. The monoisotopic (exact) mass is 284 g/mol. The van der Waals surface area contributed by atoms with E-state index in [-0.39, 0.29) is 6.03 Å². The van der Waals surface area contributed by atoms with E-state index in [0.29, 0.717) is 13.2 Å². The van der Waals surface area contributed by atoms with Gasteiger partial charge in [-0.2, -0.15) is 0 Å². The van der Waals surface area contributed by atoms with E-state index in [0.717, 1.165) is 22.4 Å². The highest BCUT2D eigenvalue weighted by Crippen LogP contribution is 2.15. The van der Waals surface area contributed by atoms with E-state index >= 15 is 0 Å². The smallest absolute Gasteiger partial charge is 0.319 e. The van der Waals surface area contributed by atoms with Crippen LogP contribution in [-0.2, 0) is 17.9 Å². The lowest BCUT2D eigenvalue weighted by Gasteiger charge is -2.12. The van der Waals surface area contributed by atoms with Gasteiger partial charge in [0.15, 0.2) is 0 Å². The van der Waals surface area contributed by atoms with Gasteiger partial charge in [-0.25, -0.2) is 4.79 Å². The molecular weight excluding hydrogens is 264 g/mol. The van der Waals surface area contributed by atoms with Crippen molar-refractivity contribution in [3.63, 3.8) is 0 Å². The van der Waals surface area contributed by atoms with Gasteiger partial charge in [0.1, 0.15) is 0 Å². The predicted octanol–water partition coefficient (Wildman–Crippen LogP) is 3.46. The maximum Gasteiger partial charge on any atom is 0.319 e. The molecule has 0 atom stereocenters. The summed E-state index contributed by atoms with van der Waals surface area (Å²) in [6, 6.07) is 15.4. The van der Waals surface area contributed by atoms with E-state index in [4.69, 9.17) is 4.74 Å². The predicted molar refractivity (Wildman–Crippen MR) is 84.2 cm³/mol. The van der Waals surface area contributed by atoms with Crippen LogP contribution in [-0.4, -0.2) is 13.1 Å². The van der Waals surface area contributed by atoms with Crippen LogP contribution < -0.4 is 10.6 Å². The highest BCUT2D eigenvalue weighted by Gasteiger charge is 2.06. The van der Waals surface area contributed by atoms with Crippen molar-refractivity contribution in [1.82, 2.24) is 5.32 Å². The Morgan fingerprint density at radius 1 is 1.05 bits per heavy atom. The summed E-state index contributed by atoms with van der Waals surface area (Å²) in [6.45, 7) is 3.00. The minimum Gasteiger partial charge on any atom is -0.380 e. The number of hydrogen-bond acceptors (Lipinski definition) is 2. The lowest BCUT2D eigenvalue weighted by Crippen LogP contribution is -2.28. The Morgan fingerprint density at radius 2 is 1.71 bits per heavy atom. The molecule has 0 saturated heterocycles. The SMILES string of the molecule is COCc1ccccc1NC(=O)NCc1ccccc1C. The molecule has 0 saturated carbocycles. The maximum atomic E-state index is 12.0. The van der Waals surface area contributed by atoms with Crippen molar-refractivity contribution in [2.24, 2.45) is 0 Å². The van der Waals surface area contributed by atoms with Crippen molar-refractivity contribution in [1.29, 1.82) is 0 Å². The zero-order valence-corrected chi connectivity index (χ0v) is 12.3. The maximum absolute atomic E-state index is 12.0. The minimum absolute atomic E-state index is 0.221. The van der Waals surface area contributed by atoms with Gasteiger partial charge in [0.25, 0.3) is 0 Å². The summed E-state index contributed by atoms with van der Waals surface area (Å²) in [5, 5.41) is 5.72. The fourth-order valence-electron chi connectivity index (χ4n) is 2.07. The third kappa shape index (κ3) is 4.33. The second-order valence-corrected chi connectivity index (χ2v) is 4.82. The van der Waals surface area contributed by atoms with Crippen molar-refractivity contribution in [3.8, 4) is 0 Å². The second-order valence-electron chi connectivity index (χ2n) is 4.82. The number of anilines is 1. The molecule has 4 nitrogen and oxygen atoms in total. The van der Waals surface area contributed by atoms with Crippen molar-refractivity contribution in [2.75, 3.05) is 12.4 Å². The van der Waals surface area contributed by atoms with Crippen molar-refractivity contribution in [2.45, 2.75) is 20.1 Å². The van der Waals surface area contributed by atoms with Gasteiger partial charge in [0, 0.05) is 24.9 Å². The normalized spacial score (nSPS) is 10.2. The average Bonchev–Trinajstić information content (AvgIpc) is 2.49. The van der Waals surface area contributed by atoms with Gasteiger partial charge in [-0.15, -0.1) is 0 Å². The Morgan fingerprint density at radius 3 is 2.43 bits per heavy atom. The fraction of sp³-hybridized carbons (Fsp3) is 0.235. The molecule has 2 amide bonds. The number of benzene rings is 2. The number of rotatable bonds is 5. The van der Waals surface area contributed by atoms with Gasteiger partial charge in [-0.1, -0.05) is 42.5 Å². The molecule has 0 aliphatic carbocycles. The van der Waals surface area contributed by atoms with Crippen LogP contribution in [0.4, 0.5) is 10.5 Å². The average molecular weight is 284 g/mol. The molecule has 4 heteroatoms. The zero-order valence-electron chi connectivity index (χ0n) is 12.3. The largest absolute Gasteiger partial charge is 0.380 e. The van der Waals surface area contributed by atoms with Crippen LogP contribution >= 0.6 is 0 Å². The number of hydrogen-bond donors (Lipinski definition) is 2.